The standard InChI is InChI=1S/C55H37N5/c1-5-16-39(17-6-1)50-35-51(40-18-7-2-8-19-40)58-55(57-50)43-29-27-38(28-30-43)45-32-46(44-24-15-31-56-37-44)34-47(33-45)48-25-13-14-26-49(48)53-36-52(41-20-9-3-10-21-41)59-54(60-53)42-22-11-4-12-23-42/h1-37H. The fourth-order valence-electron chi connectivity index (χ4n) is 7.57. The Morgan fingerprint density at radius 1 is 0.233 bits per heavy atom. The van der Waals surface area contributed by atoms with Crippen molar-refractivity contribution in [3.63, 3.8) is 0 Å². The number of benzene rings is 7. The summed E-state index contributed by atoms with van der Waals surface area (Å²) in [5.41, 5.74) is 15.9. The van der Waals surface area contributed by atoms with Gasteiger partial charge in [0, 0.05) is 51.3 Å². The van der Waals surface area contributed by atoms with E-state index in [0.29, 0.717) is 11.6 Å². The minimum Gasteiger partial charge on any atom is -0.264 e. The molecule has 5 nitrogen and oxygen atoms in total. The van der Waals surface area contributed by atoms with Gasteiger partial charge in [0.1, 0.15) is 0 Å². The summed E-state index contributed by atoms with van der Waals surface area (Å²) in [5, 5.41) is 0. The summed E-state index contributed by atoms with van der Waals surface area (Å²) in [7, 11) is 0. The van der Waals surface area contributed by atoms with Crippen LogP contribution in [0.5, 0.6) is 0 Å². The average molecular weight is 768 g/mol. The van der Waals surface area contributed by atoms with Crippen LogP contribution in [0.15, 0.2) is 225 Å². The van der Waals surface area contributed by atoms with Crippen LogP contribution in [0, 0.1) is 0 Å². The van der Waals surface area contributed by atoms with E-state index in [0.717, 1.165) is 89.5 Å². The Morgan fingerprint density at radius 3 is 1.13 bits per heavy atom. The molecular formula is C55H37N5. The maximum atomic E-state index is 5.20. The molecule has 0 aliphatic heterocycles. The van der Waals surface area contributed by atoms with Crippen molar-refractivity contribution in [1.82, 2.24) is 24.9 Å². The van der Waals surface area contributed by atoms with Crippen molar-refractivity contribution in [2.24, 2.45) is 0 Å². The van der Waals surface area contributed by atoms with Gasteiger partial charge in [0.05, 0.1) is 22.8 Å². The third-order valence-corrected chi connectivity index (χ3v) is 10.6. The molecule has 0 radical (unpaired) electrons. The molecule has 0 unspecified atom stereocenters. The fraction of sp³-hybridized carbons (Fsp3) is 0. The monoisotopic (exact) mass is 767 g/mol. The van der Waals surface area contributed by atoms with Gasteiger partial charge in [-0.05, 0) is 64.2 Å². The van der Waals surface area contributed by atoms with Gasteiger partial charge >= 0.3 is 0 Å². The summed E-state index contributed by atoms with van der Waals surface area (Å²) in [6, 6.07) is 73.1. The van der Waals surface area contributed by atoms with Crippen LogP contribution in [-0.4, -0.2) is 24.9 Å². The van der Waals surface area contributed by atoms with Crippen LogP contribution in [0.2, 0.25) is 0 Å². The number of aromatic nitrogens is 5. The maximum Gasteiger partial charge on any atom is 0.160 e. The predicted octanol–water partition coefficient (Wildman–Crippen LogP) is 13.7. The van der Waals surface area contributed by atoms with E-state index in [4.69, 9.17) is 19.9 Å². The van der Waals surface area contributed by atoms with Crippen LogP contribution < -0.4 is 0 Å². The van der Waals surface area contributed by atoms with Gasteiger partial charge in [-0.2, -0.15) is 0 Å². The average Bonchev–Trinajstić information content (AvgIpc) is 3.35. The molecule has 0 fully saturated rings. The van der Waals surface area contributed by atoms with E-state index in [1.807, 2.05) is 91.3 Å². The largest absolute Gasteiger partial charge is 0.264 e. The normalized spacial score (nSPS) is 11.0. The van der Waals surface area contributed by atoms with Crippen LogP contribution in [0.3, 0.4) is 0 Å². The maximum absolute atomic E-state index is 5.20. The van der Waals surface area contributed by atoms with Gasteiger partial charge in [-0.15, -0.1) is 0 Å². The molecule has 0 saturated carbocycles. The first-order valence-corrected chi connectivity index (χ1v) is 20.0. The van der Waals surface area contributed by atoms with E-state index >= 15 is 0 Å². The summed E-state index contributed by atoms with van der Waals surface area (Å²) in [5.74, 6) is 1.36. The second kappa shape index (κ2) is 16.4. The molecular weight excluding hydrogens is 731 g/mol. The third kappa shape index (κ3) is 7.63. The van der Waals surface area contributed by atoms with E-state index in [-0.39, 0.29) is 0 Å². The Hall–Kier alpha value is -8.15. The summed E-state index contributed by atoms with van der Waals surface area (Å²) in [6.07, 6.45) is 3.73. The number of hydrogen-bond acceptors (Lipinski definition) is 5. The molecule has 0 amide bonds. The van der Waals surface area contributed by atoms with Crippen LogP contribution in [0.4, 0.5) is 0 Å². The zero-order valence-corrected chi connectivity index (χ0v) is 32.6. The molecule has 0 bridgehead atoms. The van der Waals surface area contributed by atoms with Gasteiger partial charge in [-0.3, -0.25) is 4.98 Å². The lowest BCUT2D eigenvalue weighted by Gasteiger charge is -2.15. The van der Waals surface area contributed by atoms with Gasteiger partial charge in [0.2, 0.25) is 0 Å². The van der Waals surface area contributed by atoms with Gasteiger partial charge in [-0.25, -0.2) is 19.9 Å². The molecule has 3 heterocycles. The molecule has 282 valence electrons. The van der Waals surface area contributed by atoms with Gasteiger partial charge in [0.25, 0.3) is 0 Å². The summed E-state index contributed by atoms with van der Waals surface area (Å²) >= 11 is 0. The summed E-state index contributed by atoms with van der Waals surface area (Å²) in [4.78, 5) is 24.9. The number of nitrogens with zero attached hydrogens (tertiary/aromatic N) is 5. The van der Waals surface area contributed by atoms with Crippen molar-refractivity contribution in [2.75, 3.05) is 0 Å². The van der Waals surface area contributed by atoms with Crippen LogP contribution in [0.25, 0.3) is 101 Å². The Balaban J connectivity index is 1.09. The summed E-state index contributed by atoms with van der Waals surface area (Å²) in [6.45, 7) is 0. The van der Waals surface area contributed by atoms with Crippen LogP contribution >= 0.6 is 0 Å². The van der Waals surface area contributed by atoms with Crippen molar-refractivity contribution < 1.29 is 0 Å². The van der Waals surface area contributed by atoms with Crippen molar-refractivity contribution in [2.45, 2.75) is 0 Å². The zero-order valence-electron chi connectivity index (χ0n) is 32.6. The molecule has 0 saturated heterocycles. The Labute approximate surface area is 349 Å². The lowest BCUT2D eigenvalue weighted by Crippen LogP contribution is -1.97. The Morgan fingerprint density at radius 2 is 0.617 bits per heavy atom. The molecule has 7 aromatic carbocycles. The van der Waals surface area contributed by atoms with E-state index in [1.54, 1.807) is 0 Å². The molecule has 0 aliphatic carbocycles. The van der Waals surface area contributed by atoms with Crippen LogP contribution in [-0.2, 0) is 0 Å². The zero-order chi connectivity index (χ0) is 40.1. The highest BCUT2D eigenvalue weighted by Gasteiger charge is 2.17. The minimum absolute atomic E-state index is 0.676. The molecule has 60 heavy (non-hydrogen) atoms. The summed E-state index contributed by atoms with van der Waals surface area (Å²) < 4.78 is 0. The highest BCUT2D eigenvalue weighted by molar-refractivity contribution is 5.89. The van der Waals surface area contributed by atoms with Gasteiger partial charge in [-0.1, -0.05) is 176 Å². The van der Waals surface area contributed by atoms with E-state index in [2.05, 4.69) is 138 Å². The molecule has 3 aromatic heterocycles. The predicted molar refractivity (Wildman–Crippen MR) is 244 cm³/mol. The quantitative estimate of drug-likeness (QED) is 0.146. The van der Waals surface area contributed by atoms with Gasteiger partial charge in [0.15, 0.2) is 11.6 Å². The van der Waals surface area contributed by atoms with Gasteiger partial charge < -0.3 is 0 Å². The van der Waals surface area contributed by atoms with Crippen molar-refractivity contribution in [3.05, 3.63) is 225 Å². The Kier molecular flexibility index (Phi) is 9.88. The fourth-order valence-corrected chi connectivity index (χ4v) is 7.57. The second-order valence-electron chi connectivity index (χ2n) is 14.6. The minimum atomic E-state index is 0.676. The highest BCUT2D eigenvalue weighted by Crippen LogP contribution is 2.39. The number of pyridine rings is 1. The smallest absolute Gasteiger partial charge is 0.160 e. The van der Waals surface area contributed by atoms with E-state index in [1.165, 1.54) is 0 Å². The lowest BCUT2D eigenvalue weighted by molar-refractivity contribution is 1.18. The first-order valence-electron chi connectivity index (χ1n) is 20.0. The second-order valence-corrected chi connectivity index (χ2v) is 14.6. The van der Waals surface area contributed by atoms with Crippen molar-refractivity contribution in [3.8, 4) is 101 Å². The van der Waals surface area contributed by atoms with Crippen LogP contribution in [0.1, 0.15) is 0 Å². The molecule has 10 rings (SSSR count). The van der Waals surface area contributed by atoms with E-state index in [9.17, 15) is 0 Å². The van der Waals surface area contributed by atoms with Crippen molar-refractivity contribution in [1.29, 1.82) is 0 Å². The first-order chi connectivity index (χ1) is 29.7. The lowest BCUT2D eigenvalue weighted by atomic mass is 9.90. The molecule has 0 N–H and O–H groups in total. The SMILES string of the molecule is c1ccc(-c2cc(-c3ccccc3)nc(-c3ccc(-c4cc(-c5cccnc5)cc(-c5ccccc5-c5cc(-c6ccccc6)nc(-c6ccccc6)n5)c4)cc3)n2)cc1. The molecule has 0 aliphatic rings. The molecule has 0 spiro atoms. The highest BCUT2D eigenvalue weighted by atomic mass is 14.9. The van der Waals surface area contributed by atoms with E-state index < -0.39 is 0 Å². The molecule has 10 aromatic rings. The first kappa shape index (κ1) is 36.2. The van der Waals surface area contributed by atoms with Crippen molar-refractivity contribution >= 4 is 0 Å². The number of hydrogen-bond donors (Lipinski definition) is 0. The third-order valence-electron chi connectivity index (χ3n) is 10.6. The Bertz CT molecular complexity index is 2930. The number of rotatable bonds is 9. The topological polar surface area (TPSA) is 64.5 Å². The molecule has 5 heteroatoms. The molecule has 0 atom stereocenters.